The molecule has 3 aromatic heterocycles. The van der Waals surface area contributed by atoms with E-state index in [1.807, 2.05) is 18.2 Å². The van der Waals surface area contributed by atoms with Crippen molar-refractivity contribution < 1.29 is 19.0 Å². The van der Waals surface area contributed by atoms with Crippen LogP contribution in [0.15, 0.2) is 30.6 Å². The molecule has 1 fully saturated rings. The van der Waals surface area contributed by atoms with E-state index in [1.165, 1.54) is 0 Å². The maximum absolute atomic E-state index is 14.8. The predicted octanol–water partition coefficient (Wildman–Crippen LogP) is 1.43. The number of pyridine rings is 1. The van der Waals surface area contributed by atoms with Gasteiger partial charge in [0.05, 0.1) is 23.9 Å². The van der Waals surface area contributed by atoms with Crippen LogP contribution in [0.4, 0.5) is 4.39 Å². The second kappa shape index (κ2) is 7.85. The highest BCUT2D eigenvalue weighted by Gasteiger charge is 2.23. The third-order valence-electron chi connectivity index (χ3n) is 4.32. The maximum atomic E-state index is 14.8. The Morgan fingerprint density at radius 2 is 2.19 bits per heavy atom. The van der Waals surface area contributed by atoms with Crippen molar-refractivity contribution in [3.8, 4) is 23.1 Å². The molecular formula is C18H20FN5O3. The van der Waals surface area contributed by atoms with Gasteiger partial charge in [-0.3, -0.25) is 0 Å². The molecule has 0 bridgehead atoms. The summed E-state index contributed by atoms with van der Waals surface area (Å²) < 4.78 is 27.5. The highest BCUT2D eigenvalue weighted by atomic mass is 19.1. The number of nitrogens with one attached hydrogen (secondary N) is 1. The van der Waals surface area contributed by atoms with Crippen LogP contribution in [0.5, 0.6) is 11.8 Å². The summed E-state index contributed by atoms with van der Waals surface area (Å²) in [5, 5.41) is 16.5. The van der Waals surface area contributed by atoms with E-state index >= 15 is 0 Å². The van der Waals surface area contributed by atoms with Gasteiger partial charge in [0.1, 0.15) is 12.7 Å². The van der Waals surface area contributed by atoms with Gasteiger partial charge in [-0.15, -0.1) is 0 Å². The molecular weight excluding hydrogens is 353 g/mol. The minimum absolute atomic E-state index is 0.0768. The molecule has 9 heteroatoms. The van der Waals surface area contributed by atoms with Gasteiger partial charge in [0.15, 0.2) is 5.82 Å². The van der Waals surface area contributed by atoms with E-state index in [0.29, 0.717) is 12.1 Å². The van der Waals surface area contributed by atoms with E-state index in [0.717, 1.165) is 24.9 Å². The van der Waals surface area contributed by atoms with E-state index in [1.54, 1.807) is 16.9 Å². The number of ether oxygens (including phenoxy) is 2. The number of aromatic nitrogens is 4. The fraction of sp³-hybridized carbons (Fsp3) is 0.389. The largest absolute Gasteiger partial charge is 0.473 e. The molecule has 1 aliphatic heterocycles. The quantitative estimate of drug-likeness (QED) is 0.675. The van der Waals surface area contributed by atoms with Gasteiger partial charge in [0, 0.05) is 12.7 Å². The second-order valence-electron chi connectivity index (χ2n) is 6.22. The summed E-state index contributed by atoms with van der Waals surface area (Å²) in [4.78, 5) is 8.48. The van der Waals surface area contributed by atoms with Crippen molar-refractivity contribution in [1.82, 2.24) is 24.9 Å². The fourth-order valence-corrected chi connectivity index (χ4v) is 3.03. The average Bonchev–Trinajstić information content (AvgIpc) is 3.13. The second-order valence-corrected chi connectivity index (χ2v) is 6.22. The van der Waals surface area contributed by atoms with Crippen molar-refractivity contribution in [2.45, 2.75) is 18.9 Å². The van der Waals surface area contributed by atoms with Crippen LogP contribution in [0.3, 0.4) is 0 Å². The van der Waals surface area contributed by atoms with Gasteiger partial charge < -0.3 is 19.9 Å². The zero-order valence-electron chi connectivity index (χ0n) is 14.6. The molecule has 2 N–H and O–H groups in total. The van der Waals surface area contributed by atoms with Gasteiger partial charge in [0.2, 0.25) is 5.82 Å². The van der Waals surface area contributed by atoms with Gasteiger partial charge in [-0.05, 0) is 31.5 Å². The van der Waals surface area contributed by atoms with Crippen molar-refractivity contribution in [1.29, 1.82) is 0 Å². The molecule has 1 aliphatic rings. The summed E-state index contributed by atoms with van der Waals surface area (Å²) in [6, 6.07) is 5.60. The lowest BCUT2D eigenvalue weighted by atomic mass is 10.1. The number of nitrogens with zero attached hydrogens (tertiary/aromatic N) is 4. The van der Waals surface area contributed by atoms with Gasteiger partial charge in [-0.1, -0.05) is 6.07 Å². The number of aliphatic hydroxyl groups excluding tert-OH is 1. The van der Waals surface area contributed by atoms with Crippen molar-refractivity contribution in [3.63, 3.8) is 0 Å². The zero-order valence-corrected chi connectivity index (χ0v) is 14.6. The van der Waals surface area contributed by atoms with Crippen LogP contribution in [0.25, 0.3) is 16.9 Å². The van der Waals surface area contributed by atoms with Crippen molar-refractivity contribution >= 4 is 5.52 Å². The summed E-state index contributed by atoms with van der Waals surface area (Å²) in [5.41, 5.74) is 1.42. The Hall–Kier alpha value is -2.78. The number of fused-ring (bicyclic) bond motifs is 1. The molecule has 8 nitrogen and oxygen atoms in total. The summed E-state index contributed by atoms with van der Waals surface area (Å²) in [6.45, 7) is 1.22. The molecule has 0 amide bonds. The third kappa shape index (κ3) is 3.69. The number of hydrogen-bond donors (Lipinski definition) is 2. The fourth-order valence-electron chi connectivity index (χ4n) is 3.03. The first-order chi connectivity index (χ1) is 13.3. The predicted molar refractivity (Wildman–Crippen MR) is 95.3 cm³/mol. The summed E-state index contributed by atoms with van der Waals surface area (Å²) in [6.07, 6.45) is 5.01. The minimum atomic E-state index is -0.769. The Balaban J connectivity index is 1.74. The van der Waals surface area contributed by atoms with Crippen LogP contribution in [0.2, 0.25) is 0 Å². The average molecular weight is 373 g/mol. The standard InChI is InChI=1S/C18H20FN5O3/c19-15-17(26-9-8-25)22-16(13-11-21-24-7-2-1-5-14(13)24)23-18(15)27-12-4-3-6-20-10-12/h1-2,5,7,11-12,20,25H,3-4,6,8-10H2/t12-/m1/s1. The summed E-state index contributed by atoms with van der Waals surface area (Å²) in [5.74, 6) is -0.918. The van der Waals surface area contributed by atoms with E-state index in [4.69, 9.17) is 14.6 Å². The zero-order chi connectivity index (χ0) is 18.6. The number of hydrogen-bond acceptors (Lipinski definition) is 7. The van der Waals surface area contributed by atoms with Crippen LogP contribution < -0.4 is 14.8 Å². The van der Waals surface area contributed by atoms with E-state index < -0.39 is 5.82 Å². The Morgan fingerprint density at radius 3 is 3.00 bits per heavy atom. The Labute approximate surface area is 155 Å². The lowest BCUT2D eigenvalue weighted by molar-refractivity contribution is 0.147. The topological polar surface area (TPSA) is 93.8 Å². The summed E-state index contributed by atoms with van der Waals surface area (Å²) in [7, 11) is 0. The molecule has 0 saturated carbocycles. The first kappa shape index (κ1) is 17.6. The molecule has 4 rings (SSSR count). The molecule has 3 aromatic rings. The molecule has 4 heterocycles. The Kier molecular flexibility index (Phi) is 5.12. The Morgan fingerprint density at radius 1 is 1.30 bits per heavy atom. The van der Waals surface area contributed by atoms with Crippen LogP contribution in [-0.2, 0) is 0 Å². The molecule has 1 saturated heterocycles. The smallest absolute Gasteiger partial charge is 0.258 e. The molecule has 0 radical (unpaired) electrons. The van der Waals surface area contributed by atoms with Crippen molar-refractivity contribution in [2.75, 3.05) is 26.3 Å². The third-order valence-corrected chi connectivity index (χ3v) is 4.32. The number of rotatable bonds is 6. The highest BCUT2D eigenvalue weighted by molar-refractivity contribution is 5.75. The first-order valence-electron chi connectivity index (χ1n) is 8.87. The van der Waals surface area contributed by atoms with E-state index in [9.17, 15) is 4.39 Å². The van der Waals surface area contributed by atoms with Crippen LogP contribution >= 0.6 is 0 Å². The molecule has 142 valence electrons. The number of halogens is 1. The maximum Gasteiger partial charge on any atom is 0.258 e. The van der Waals surface area contributed by atoms with Gasteiger partial charge >= 0.3 is 0 Å². The molecule has 0 aliphatic carbocycles. The van der Waals surface area contributed by atoms with Crippen LogP contribution in [-0.4, -0.2) is 57.1 Å². The molecule has 0 unspecified atom stereocenters. The monoisotopic (exact) mass is 373 g/mol. The Bertz CT molecular complexity index is 927. The molecule has 0 aromatic carbocycles. The lowest BCUT2D eigenvalue weighted by Crippen LogP contribution is -2.37. The SMILES string of the molecule is OCCOc1nc(-c2cnn3ccccc23)nc(O[C@@H]2CCCNC2)c1F. The number of aliphatic hydroxyl groups is 1. The summed E-state index contributed by atoms with van der Waals surface area (Å²) >= 11 is 0. The van der Waals surface area contributed by atoms with Gasteiger partial charge in [-0.25, -0.2) is 4.52 Å². The highest BCUT2D eigenvalue weighted by Crippen LogP contribution is 2.30. The molecule has 1 atom stereocenters. The lowest BCUT2D eigenvalue weighted by Gasteiger charge is -2.23. The number of piperidine rings is 1. The normalized spacial score (nSPS) is 17.2. The molecule has 0 spiro atoms. The first-order valence-corrected chi connectivity index (χ1v) is 8.87. The van der Waals surface area contributed by atoms with Gasteiger partial charge in [-0.2, -0.15) is 19.5 Å². The van der Waals surface area contributed by atoms with Crippen LogP contribution in [0.1, 0.15) is 12.8 Å². The van der Waals surface area contributed by atoms with E-state index in [-0.39, 0.29) is 36.9 Å². The molecule has 27 heavy (non-hydrogen) atoms. The van der Waals surface area contributed by atoms with Crippen molar-refractivity contribution in [2.24, 2.45) is 0 Å². The van der Waals surface area contributed by atoms with Crippen LogP contribution in [0, 0.1) is 5.82 Å². The minimum Gasteiger partial charge on any atom is -0.473 e. The van der Waals surface area contributed by atoms with Gasteiger partial charge in [0.25, 0.3) is 11.8 Å². The van der Waals surface area contributed by atoms with Crippen molar-refractivity contribution in [3.05, 3.63) is 36.4 Å². The van der Waals surface area contributed by atoms with E-state index in [2.05, 4.69) is 20.4 Å².